The number of methoxy groups -OCH3 is 1. The highest BCUT2D eigenvalue weighted by atomic mass is 16.5. The molecule has 0 heterocycles. The van der Waals surface area contributed by atoms with Crippen molar-refractivity contribution in [2.24, 2.45) is 5.16 Å². The summed E-state index contributed by atoms with van der Waals surface area (Å²) in [5.41, 5.74) is 1.47. The fourth-order valence-corrected chi connectivity index (χ4v) is 1.53. The Morgan fingerprint density at radius 3 is 2.71 bits per heavy atom. The molecule has 0 aromatic heterocycles. The van der Waals surface area contributed by atoms with Gasteiger partial charge < -0.3 is 14.7 Å². The second-order valence-electron chi connectivity index (χ2n) is 3.59. The number of oxime groups is 1. The van der Waals surface area contributed by atoms with Crippen molar-refractivity contribution >= 4 is 5.71 Å². The van der Waals surface area contributed by atoms with Gasteiger partial charge in [0.25, 0.3) is 0 Å². The van der Waals surface area contributed by atoms with Gasteiger partial charge >= 0.3 is 0 Å². The van der Waals surface area contributed by atoms with Gasteiger partial charge in [0.05, 0.1) is 12.3 Å². The molecule has 0 saturated heterocycles. The molecule has 0 radical (unpaired) electrons. The summed E-state index contributed by atoms with van der Waals surface area (Å²) in [6.45, 7) is 3.21. The number of hydrogen-bond acceptors (Lipinski definition) is 4. The van der Waals surface area contributed by atoms with E-state index >= 15 is 0 Å². The fraction of sp³-hybridized carbons (Fsp3) is 0.462. The zero-order valence-electron chi connectivity index (χ0n) is 10.3. The van der Waals surface area contributed by atoms with Crippen LogP contribution in [0.2, 0.25) is 0 Å². The van der Waals surface area contributed by atoms with Crippen LogP contribution >= 0.6 is 0 Å². The van der Waals surface area contributed by atoms with Crippen LogP contribution in [0, 0.1) is 0 Å². The van der Waals surface area contributed by atoms with Crippen LogP contribution in [0.5, 0.6) is 5.75 Å². The zero-order valence-corrected chi connectivity index (χ0v) is 10.3. The van der Waals surface area contributed by atoms with Crippen LogP contribution in [-0.2, 0) is 4.74 Å². The van der Waals surface area contributed by atoms with E-state index in [0.717, 1.165) is 17.7 Å². The summed E-state index contributed by atoms with van der Waals surface area (Å²) in [7, 11) is 1.67. The Balaban J connectivity index is 2.71. The predicted molar refractivity (Wildman–Crippen MR) is 67.0 cm³/mol. The van der Waals surface area contributed by atoms with Crippen molar-refractivity contribution in [1.29, 1.82) is 0 Å². The van der Waals surface area contributed by atoms with Crippen LogP contribution in [0.4, 0.5) is 0 Å². The third-order valence-electron chi connectivity index (χ3n) is 2.40. The number of nitrogens with zero attached hydrogens (tertiary/aromatic N) is 1. The molecule has 1 aromatic rings. The summed E-state index contributed by atoms with van der Waals surface area (Å²) in [6, 6.07) is 7.57. The van der Waals surface area contributed by atoms with Crippen molar-refractivity contribution in [1.82, 2.24) is 0 Å². The minimum Gasteiger partial charge on any atom is -0.493 e. The molecule has 0 spiro atoms. The number of ether oxygens (including phenoxy) is 2. The molecule has 17 heavy (non-hydrogen) atoms. The van der Waals surface area contributed by atoms with E-state index in [1.807, 2.05) is 31.2 Å². The minimum atomic E-state index is 0.591. The quantitative estimate of drug-likeness (QED) is 0.343. The molecule has 0 saturated carbocycles. The Kier molecular flexibility index (Phi) is 6.10. The lowest BCUT2D eigenvalue weighted by atomic mass is 10.1. The Bertz CT molecular complexity index is 363. The summed E-state index contributed by atoms with van der Waals surface area (Å²) in [5.74, 6) is 0.748. The Morgan fingerprint density at radius 2 is 2.06 bits per heavy atom. The molecule has 0 amide bonds. The molecule has 0 atom stereocenters. The molecule has 0 aliphatic carbocycles. The molecule has 0 aliphatic rings. The molecule has 1 rings (SSSR count). The van der Waals surface area contributed by atoms with Gasteiger partial charge in [0, 0.05) is 25.7 Å². The number of para-hydroxylation sites is 1. The largest absolute Gasteiger partial charge is 0.493 e. The first-order valence-corrected chi connectivity index (χ1v) is 5.75. The molecule has 0 fully saturated rings. The molecule has 0 bridgehead atoms. The van der Waals surface area contributed by atoms with Crippen molar-refractivity contribution < 1.29 is 14.7 Å². The van der Waals surface area contributed by atoms with Gasteiger partial charge in [-0.1, -0.05) is 24.2 Å². The van der Waals surface area contributed by atoms with Gasteiger partial charge in [-0.05, 0) is 18.6 Å². The predicted octanol–water partition coefficient (Wildman–Crippen LogP) is 2.69. The van der Waals surface area contributed by atoms with Crippen molar-refractivity contribution in [2.75, 3.05) is 20.3 Å². The van der Waals surface area contributed by atoms with E-state index in [1.54, 1.807) is 7.11 Å². The number of benzene rings is 1. The van der Waals surface area contributed by atoms with Gasteiger partial charge in [-0.3, -0.25) is 0 Å². The van der Waals surface area contributed by atoms with Crippen LogP contribution in [0.3, 0.4) is 0 Å². The molecule has 4 nitrogen and oxygen atoms in total. The maximum absolute atomic E-state index is 8.93. The van der Waals surface area contributed by atoms with Gasteiger partial charge in [0.2, 0.25) is 0 Å². The average Bonchev–Trinajstić information content (AvgIpc) is 2.38. The molecule has 1 N–H and O–H groups in total. The molecule has 0 aliphatic heterocycles. The number of rotatable bonds is 7. The van der Waals surface area contributed by atoms with Crippen LogP contribution < -0.4 is 4.74 Å². The van der Waals surface area contributed by atoms with Crippen molar-refractivity contribution in [3.05, 3.63) is 29.8 Å². The summed E-state index contributed by atoms with van der Waals surface area (Å²) >= 11 is 0. The third kappa shape index (κ3) is 4.07. The van der Waals surface area contributed by atoms with E-state index in [4.69, 9.17) is 14.7 Å². The van der Waals surface area contributed by atoms with Crippen LogP contribution in [0.25, 0.3) is 0 Å². The first kappa shape index (κ1) is 13.5. The van der Waals surface area contributed by atoms with E-state index in [1.165, 1.54) is 0 Å². The Morgan fingerprint density at radius 1 is 1.29 bits per heavy atom. The monoisotopic (exact) mass is 237 g/mol. The highest BCUT2D eigenvalue weighted by Crippen LogP contribution is 2.20. The molecule has 0 unspecified atom stereocenters. The molecule has 1 aromatic carbocycles. The van der Waals surface area contributed by atoms with E-state index in [9.17, 15) is 0 Å². The molecule has 4 heteroatoms. The van der Waals surface area contributed by atoms with Gasteiger partial charge in [-0.2, -0.15) is 0 Å². The lowest BCUT2D eigenvalue weighted by Gasteiger charge is -2.11. The smallest absolute Gasteiger partial charge is 0.128 e. The lowest BCUT2D eigenvalue weighted by Crippen LogP contribution is -2.06. The van der Waals surface area contributed by atoms with E-state index < -0.39 is 0 Å². The van der Waals surface area contributed by atoms with Gasteiger partial charge in [-0.25, -0.2) is 0 Å². The summed E-state index contributed by atoms with van der Waals surface area (Å²) in [6.07, 6.45) is 1.50. The standard InChI is InChI=1S/C13H19NO3/c1-3-12(14-15)11-7-4-5-8-13(11)17-10-6-9-16-2/h4-5,7-8,15H,3,6,9-10H2,1-2H3/b14-12-. The first-order valence-electron chi connectivity index (χ1n) is 5.75. The van der Waals surface area contributed by atoms with E-state index in [0.29, 0.717) is 25.3 Å². The van der Waals surface area contributed by atoms with Gasteiger partial charge in [0.15, 0.2) is 0 Å². The maximum atomic E-state index is 8.93. The lowest BCUT2D eigenvalue weighted by molar-refractivity contribution is 0.172. The van der Waals surface area contributed by atoms with Crippen molar-refractivity contribution in [3.63, 3.8) is 0 Å². The van der Waals surface area contributed by atoms with Crippen LogP contribution in [0.1, 0.15) is 25.3 Å². The average molecular weight is 237 g/mol. The summed E-state index contributed by atoms with van der Waals surface area (Å²) in [4.78, 5) is 0. The summed E-state index contributed by atoms with van der Waals surface area (Å²) in [5, 5.41) is 12.2. The topological polar surface area (TPSA) is 51.1 Å². The Labute approximate surface area is 102 Å². The second-order valence-corrected chi connectivity index (χ2v) is 3.59. The normalized spacial score (nSPS) is 11.5. The highest BCUT2D eigenvalue weighted by molar-refractivity contribution is 6.02. The molecular weight excluding hydrogens is 218 g/mol. The van der Waals surface area contributed by atoms with Gasteiger partial charge in [0.1, 0.15) is 5.75 Å². The zero-order chi connectivity index (χ0) is 12.5. The van der Waals surface area contributed by atoms with Gasteiger partial charge in [-0.15, -0.1) is 0 Å². The third-order valence-corrected chi connectivity index (χ3v) is 2.40. The fourth-order valence-electron chi connectivity index (χ4n) is 1.53. The van der Waals surface area contributed by atoms with Crippen LogP contribution in [0.15, 0.2) is 29.4 Å². The number of hydrogen-bond donors (Lipinski definition) is 1. The second kappa shape index (κ2) is 7.68. The van der Waals surface area contributed by atoms with Crippen LogP contribution in [-0.4, -0.2) is 31.2 Å². The highest BCUT2D eigenvalue weighted by Gasteiger charge is 2.08. The Hall–Kier alpha value is -1.55. The van der Waals surface area contributed by atoms with E-state index in [2.05, 4.69) is 5.16 Å². The summed E-state index contributed by atoms with van der Waals surface area (Å²) < 4.78 is 10.6. The van der Waals surface area contributed by atoms with Crippen molar-refractivity contribution in [2.45, 2.75) is 19.8 Å². The maximum Gasteiger partial charge on any atom is 0.128 e. The first-order chi connectivity index (χ1) is 8.33. The van der Waals surface area contributed by atoms with Crippen molar-refractivity contribution in [3.8, 4) is 5.75 Å². The SMILES string of the molecule is CC/C(=N/O)c1ccccc1OCCCOC. The molecular formula is C13H19NO3. The minimum absolute atomic E-state index is 0.591. The molecule has 94 valence electrons. The van der Waals surface area contributed by atoms with E-state index in [-0.39, 0.29) is 0 Å².